The average Bonchev–Trinajstić information content (AvgIpc) is 2.62. The van der Waals surface area contributed by atoms with E-state index in [1.165, 1.54) is 0 Å². The number of hydrogen-bond acceptors (Lipinski definition) is 4. The van der Waals surface area contributed by atoms with Crippen LogP contribution in [0.1, 0.15) is 33.6 Å². The minimum atomic E-state index is -0.493. The third-order valence-electron chi connectivity index (χ3n) is 2.63. The Bertz CT molecular complexity index is 250. The van der Waals surface area contributed by atoms with Crippen molar-refractivity contribution < 1.29 is 14.6 Å². The molecule has 0 aromatic rings. The van der Waals surface area contributed by atoms with Crippen LogP contribution in [0.25, 0.3) is 0 Å². The van der Waals surface area contributed by atoms with Crippen LogP contribution in [-0.2, 0) is 4.74 Å². The summed E-state index contributed by atoms with van der Waals surface area (Å²) in [6.07, 6.45) is 1.41. The number of nitrogens with two attached hydrogens (primary N) is 1. The van der Waals surface area contributed by atoms with Gasteiger partial charge in [-0.25, -0.2) is 4.79 Å². The van der Waals surface area contributed by atoms with E-state index in [1.807, 2.05) is 20.8 Å². The van der Waals surface area contributed by atoms with E-state index >= 15 is 0 Å². The number of amides is 1. The van der Waals surface area contributed by atoms with Gasteiger partial charge in [-0.3, -0.25) is 0 Å². The van der Waals surface area contributed by atoms with Crippen LogP contribution in [0.4, 0.5) is 4.79 Å². The lowest BCUT2D eigenvalue weighted by molar-refractivity contribution is 0.0190. The first-order chi connectivity index (χ1) is 7.35. The smallest absolute Gasteiger partial charge is 0.410 e. The second kappa shape index (κ2) is 5.01. The van der Waals surface area contributed by atoms with E-state index in [9.17, 15) is 4.79 Å². The van der Waals surface area contributed by atoms with Gasteiger partial charge in [0.15, 0.2) is 0 Å². The number of carbonyl (C=O) groups is 1. The molecule has 0 aromatic carbocycles. The maximum Gasteiger partial charge on any atom is 0.410 e. The van der Waals surface area contributed by atoms with Crippen molar-refractivity contribution >= 4 is 6.09 Å². The van der Waals surface area contributed by atoms with E-state index in [0.29, 0.717) is 6.54 Å². The van der Waals surface area contributed by atoms with E-state index in [2.05, 4.69) is 0 Å². The lowest BCUT2D eigenvalue weighted by atomic mass is 10.1. The van der Waals surface area contributed by atoms with Crippen LogP contribution >= 0.6 is 0 Å². The SMILES string of the molecule is CC(C)(C)OC(=O)N1CCCC1[C@H](N)CO. The molecule has 0 saturated carbocycles. The van der Waals surface area contributed by atoms with Gasteiger partial charge in [0.05, 0.1) is 12.6 Å². The summed E-state index contributed by atoms with van der Waals surface area (Å²) < 4.78 is 5.30. The lowest BCUT2D eigenvalue weighted by Crippen LogP contribution is -2.49. The van der Waals surface area contributed by atoms with Crippen LogP contribution in [0.3, 0.4) is 0 Å². The number of ether oxygens (including phenoxy) is 1. The molecular formula is C11H22N2O3. The Labute approximate surface area is 96.6 Å². The molecule has 1 saturated heterocycles. The molecular weight excluding hydrogens is 208 g/mol. The zero-order valence-corrected chi connectivity index (χ0v) is 10.3. The Morgan fingerprint density at radius 2 is 2.25 bits per heavy atom. The summed E-state index contributed by atoms with van der Waals surface area (Å²) in [6, 6.07) is -0.477. The molecule has 5 heteroatoms. The second-order valence-corrected chi connectivity index (χ2v) is 5.23. The Balaban J connectivity index is 2.61. The number of rotatable bonds is 2. The molecule has 0 bridgehead atoms. The fourth-order valence-electron chi connectivity index (χ4n) is 1.91. The molecule has 0 radical (unpaired) electrons. The fourth-order valence-corrected chi connectivity index (χ4v) is 1.91. The highest BCUT2D eigenvalue weighted by Gasteiger charge is 2.35. The Hall–Kier alpha value is -0.810. The van der Waals surface area contributed by atoms with Gasteiger partial charge in [-0.1, -0.05) is 0 Å². The zero-order chi connectivity index (χ0) is 12.3. The van der Waals surface area contributed by atoms with Gasteiger partial charge >= 0.3 is 6.09 Å². The summed E-state index contributed by atoms with van der Waals surface area (Å²) in [6.45, 7) is 6.06. The first-order valence-electron chi connectivity index (χ1n) is 5.71. The van der Waals surface area contributed by atoms with E-state index in [4.69, 9.17) is 15.6 Å². The predicted octanol–water partition coefficient (Wildman–Crippen LogP) is 0.706. The molecule has 1 amide bonds. The van der Waals surface area contributed by atoms with Gasteiger partial charge in [0, 0.05) is 12.6 Å². The van der Waals surface area contributed by atoms with Crippen LogP contribution in [0.15, 0.2) is 0 Å². The molecule has 0 spiro atoms. The minimum absolute atomic E-state index is 0.0974. The largest absolute Gasteiger partial charge is 0.444 e. The van der Waals surface area contributed by atoms with Crippen molar-refractivity contribution in [2.75, 3.05) is 13.2 Å². The number of likely N-dealkylation sites (tertiary alicyclic amines) is 1. The average molecular weight is 230 g/mol. The third-order valence-corrected chi connectivity index (χ3v) is 2.63. The summed E-state index contributed by atoms with van der Waals surface area (Å²) in [7, 11) is 0. The van der Waals surface area contributed by atoms with E-state index in [-0.39, 0.29) is 24.8 Å². The molecule has 3 N–H and O–H groups in total. The highest BCUT2D eigenvalue weighted by molar-refractivity contribution is 5.69. The molecule has 1 rings (SSSR count). The quantitative estimate of drug-likeness (QED) is 0.732. The highest BCUT2D eigenvalue weighted by Crippen LogP contribution is 2.22. The summed E-state index contributed by atoms with van der Waals surface area (Å²) in [5, 5.41) is 9.02. The van der Waals surface area contributed by atoms with Gasteiger partial charge in [-0.15, -0.1) is 0 Å². The topological polar surface area (TPSA) is 75.8 Å². The zero-order valence-electron chi connectivity index (χ0n) is 10.3. The molecule has 1 aliphatic heterocycles. The maximum atomic E-state index is 11.9. The lowest BCUT2D eigenvalue weighted by Gasteiger charge is -2.30. The van der Waals surface area contributed by atoms with Crippen LogP contribution in [0, 0.1) is 0 Å². The van der Waals surface area contributed by atoms with Gasteiger partial charge < -0.3 is 20.5 Å². The Kier molecular flexibility index (Phi) is 4.15. The molecule has 1 heterocycles. The molecule has 16 heavy (non-hydrogen) atoms. The Morgan fingerprint density at radius 1 is 1.62 bits per heavy atom. The monoisotopic (exact) mass is 230 g/mol. The van der Waals surface area contributed by atoms with Crippen LogP contribution in [0.5, 0.6) is 0 Å². The van der Waals surface area contributed by atoms with Crippen LogP contribution in [-0.4, -0.2) is 46.9 Å². The number of hydrogen-bond donors (Lipinski definition) is 2. The summed E-state index contributed by atoms with van der Waals surface area (Å²) in [5.41, 5.74) is 5.28. The number of carbonyl (C=O) groups excluding carboxylic acids is 1. The summed E-state index contributed by atoms with van der Waals surface area (Å²) in [4.78, 5) is 13.5. The van der Waals surface area contributed by atoms with Crippen molar-refractivity contribution in [1.29, 1.82) is 0 Å². The summed E-state index contributed by atoms with van der Waals surface area (Å²) in [5.74, 6) is 0. The molecule has 0 aromatic heterocycles. The Morgan fingerprint density at radius 3 is 2.75 bits per heavy atom. The van der Waals surface area contributed by atoms with Gasteiger partial charge in [-0.2, -0.15) is 0 Å². The first kappa shape index (κ1) is 13.3. The molecule has 5 nitrogen and oxygen atoms in total. The molecule has 1 fully saturated rings. The second-order valence-electron chi connectivity index (χ2n) is 5.23. The van der Waals surface area contributed by atoms with Gasteiger partial charge in [0.2, 0.25) is 0 Å². The van der Waals surface area contributed by atoms with Crippen molar-refractivity contribution in [1.82, 2.24) is 4.90 Å². The van der Waals surface area contributed by atoms with Crippen molar-refractivity contribution in [3.63, 3.8) is 0 Å². The van der Waals surface area contributed by atoms with Crippen molar-refractivity contribution in [2.24, 2.45) is 5.73 Å². The molecule has 2 atom stereocenters. The number of nitrogens with zero attached hydrogens (tertiary/aromatic N) is 1. The van der Waals surface area contributed by atoms with Crippen molar-refractivity contribution in [3.8, 4) is 0 Å². The van der Waals surface area contributed by atoms with E-state index in [1.54, 1.807) is 4.90 Å². The number of aliphatic hydroxyl groups excluding tert-OH is 1. The first-order valence-corrected chi connectivity index (χ1v) is 5.71. The molecule has 0 aliphatic carbocycles. The van der Waals surface area contributed by atoms with Gasteiger partial charge in [0.25, 0.3) is 0 Å². The minimum Gasteiger partial charge on any atom is -0.444 e. The van der Waals surface area contributed by atoms with Crippen molar-refractivity contribution in [3.05, 3.63) is 0 Å². The van der Waals surface area contributed by atoms with Crippen LogP contribution < -0.4 is 5.73 Å². The predicted molar refractivity (Wildman–Crippen MR) is 61.0 cm³/mol. The standard InChI is InChI=1S/C11H22N2O3/c1-11(2,3)16-10(15)13-6-4-5-9(13)8(12)7-14/h8-9,14H,4-7,12H2,1-3H3/t8-,9?/m1/s1. The highest BCUT2D eigenvalue weighted by atomic mass is 16.6. The normalized spacial score (nSPS) is 23.3. The maximum absolute atomic E-state index is 11.9. The molecule has 94 valence electrons. The molecule has 1 aliphatic rings. The van der Waals surface area contributed by atoms with E-state index < -0.39 is 5.60 Å². The van der Waals surface area contributed by atoms with Gasteiger partial charge in [-0.05, 0) is 33.6 Å². The van der Waals surface area contributed by atoms with Crippen LogP contribution in [0.2, 0.25) is 0 Å². The molecule has 1 unspecified atom stereocenters. The summed E-state index contributed by atoms with van der Waals surface area (Å²) >= 11 is 0. The number of aliphatic hydroxyl groups is 1. The fraction of sp³-hybridized carbons (Fsp3) is 0.909. The van der Waals surface area contributed by atoms with Crippen molar-refractivity contribution in [2.45, 2.75) is 51.3 Å². The third kappa shape index (κ3) is 3.35. The van der Waals surface area contributed by atoms with E-state index in [0.717, 1.165) is 12.8 Å². The van der Waals surface area contributed by atoms with Gasteiger partial charge in [0.1, 0.15) is 5.60 Å².